The maximum absolute atomic E-state index is 14.2. The monoisotopic (exact) mass is 1180 g/mol. The number of fused-ring (bicyclic) bond motifs is 2. The van der Waals surface area contributed by atoms with E-state index in [-0.39, 0.29) is 101 Å². The second-order valence-corrected chi connectivity index (χ2v) is 24.4. The molecule has 450 valence electrons. The van der Waals surface area contributed by atoms with E-state index in [1.165, 1.54) is 46.2 Å². The number of hydrogen-bond acceptors (Lipinski definition) is 19. The minimum Gasteiger partial charge on any atom is -0.496 e. The van der Waals surface area contributed by atoms with E-state index in [4.69, 9.17) is 25.5 Å². The van der Waals surface area contributed by atoms with E-state index in [0.717, 1.165) is 62.0 Å². The molecule has 0 saturated heterocycles. The molecule has 0 unspecified atom stereocenters. The number of methoxy groups -OCH3 is 2. The van der Waals surface area contributed by atoms with Crippen LogP contribution in [0.1, 0.15) is 137 Å². The second-order valence-electron chi connectivity index (χ2n) is 22.6. The number of anilines is 1. The van der Waals surface area contributed by atoms with E-state index in [1.807, 2.05) is 0 Å². The van der Waals surface area contributed by atoms with E-state index < -0.39 is 33.3 Å². The topological polar surface area (TPSA) is 352 Å². The van der Waals surface area contributed by atoms with E-state index in [2.05, 4.69) is 91.8 Å². The molecule has 2 heterocycles. The number of amides is 2. The third-order valence-corrected chi connectivity index (χ3v) is 18.3. The first kappa shape index (κ1) is 63.6. The van der Waals surface area contributed by atoms with Gasteiger partial charge in [0.15, 0.2) is 5.52 Å². The number of Topliss-reactive ketones (excluding diaryl/α,β-unsaturated/α-hetero) is 1. The number of aromatic nitrogens is 5. The lowest BCUT2D eigenvalue weighted by Gasteiger charge is -2.59. The lowest BCUT2D eigenvalue weighted by molar-refractivity contribution is -0.383. The first-order chi connectivity index (χ1) is 40.2. The van der Waals surface area contributed by atoms with Gasteiger partial charge in [0.2, 0.25) is 17.3 Å². The summed E-state index contributed by atoms with van der Waals surface area (Å²) < 4.78 is 53.1. The summed E-state index contributed by atoms with van der Waals surface area (Å²) in [7, 11) is -1.21. The fraction of sp³-hybridized carbons (Fsp3) is 0.552. The number of unbranched alkanes of at least 4 members (excludes halogenated alkanes) is 4. The summed E-state index contributed by atoms with van der Waals surface area (Å²) in [5, 5.41) is 46.8. The highest BCUT2D eigenvalue weighted by Gasteiger charge is 2.56. The van der Waals surface area contributed by atoms with Crippen LogP contribution in [0.3, 0.4) is 0 Å². The molecule has 2 aromatic heterocycles. The van der Waals surface area contributed by atoms with Gasteiger partial charge in [-0.1, -0.05) is 68.9 Å². The van der Waals surface area contributed by atoms with Crippen LogP contribution in [0.2, 0.25) is 0 Å². The molecule has 3 aliphatic carbocycles. The van der Waals surface area contributed by atoms with E-state index in [9.17, 15) is 38.2 Å². The number of nitrogens with two attached hydrogens (primary N) is 1. The molecule has 3 aromatic carbocycles. The average Bonchev–Trinajstić information content (AvgIpc) is 1.22. The number of primary amides is 1. The summed E-state index contributed by atoms with van der Waals surface area (Å²) in [5.41, 5.74) is 18.7. The zero-order valence-electron chi connectivity index (χ0n) is 48.7. The molecular formula is C58H76N14O11S. The maximum Gasteiger partial charge on any atom is 0.300 e. The van der Waals surface area contributed by atoms with E-state index in [0.29, 0.717) is 66.7 Å². The number of azide groups is 1. The molecule has 3 atom stereocenters. The van der Waals surface area contributed by atoms with Crippen molar-refractivity contribution in [1.29, 1.82) is 5.26 Å². The maximum atomic E-state index is 14.2. The molecule has 3 aliphatic rings. The Balaban J connectivity index is 0.877. The van der Waals surface area contributed by atoms with Crippen LogP contribution in [0.25, 0.3) is 21.5 Å². The van der Waals surface area contributed by atoms with Gasteiger partial charge in [-0.25, -0.2) is 22.0 Å². The SMILES string of the molecule is COc1cc(C(C)(C)CCCCCCN=[N+]=[N-])cc(OC)c1[C@H]1C=C(CNCCCCC(=O)CCc2cc(C(N)=O)ccc2S(=O)(=O)N(CC#N)C(=O)CCc2cn(CCOCCNc3ccc([N+](=O)[O-])c4nonc34)nn2)[C@H]2C[C@@H]1C2(C)C. The van der Waals surface area contributed by atoms with Crippen LogP contribution in [-0.4, -0.2) is 121 Å². The van der Waals surface area contributed by atoms with Crippen LogP contribution >= 0.6 is 0 Å². The number of carbonyl (C=O) groups is 3. The normalized spacial score (nSPS) is 16.2. The van der Waals surface area contributed by atoms with Crippen molar-refractivity contribution >= 4 is 50.0 Å². The molecule has 0 aliphatic heterocycles. The molecular weight excluding hydrogens is 1100 g/mol. The van der Waals surface area contributed by atoms with Crippen molar-refractivity contribution in [3.05, 3.63) is 109 Å². The Bertz CT molecular complexity index is 3370. The number of ether oxygens (including phenoxy) is 3. The van der Waals surface area contributed by atoms with Gasteiger partial charge in [0.05, 0.1) is 61.2 Å². The van der Waals surface area contributed by atoms with E-state index >= 15 is 0 Å². The highest BCUT2D eigenvalue weighted by Crippen LogP contribution is 2.65. The number of nitro groups is 1. The first-order valence-corrected chi connectivity index (χ1v) is 29.8. The molecule has 4 N–H and O–H groups in total. The van der Waals surface area contributed by atoms with Crippen LogP contribution in [0.4, 0.5) is 11.4 Å². The van der Waals surface area contributed by atoms with Gasteiger partial charge in [-0.3, -0.25) is 24.5 Å². The number of allylic oxidation sites excluding steroid dienone is 1. The van der Waals surface area contributed by atoms with Gasteiger partial charge in [-0.15, -0.1) is 5.10 Å². The number of sulfonamides is 1. The minimum absolute atomic E-state index is 0.00238. The molecule has 5 aromatic rings. The Morgan fingerprint density at radius 3 is 2.45 bits per heavy atom. The van der Waals surface area contributed by atoms with Crippen LogP contribution in [0, 0.1) is 38.7 Å². The summed E-state index contributed by atoms with van der Waals surface area (Å²) in [6, 6.07) is 12.7. The van der Waals surface area contributed by atoms with Gasteiger partial charge < -0.3 is 30.6 Å². The van der Waals surface area contributed by atoms with Gasteiger partial charge in [-0.05, 0) is 131 Å². The number of nitro benzene ring substituents is 1. The second kappa shape index (κ2) is 29.0. The van der Waals surface area contributed by atoms with Crippen molar-refractivity contribution in [2.75, 3.05) is 65.5 Å². The largest absolute Gasteiger partial charge is 0.496 e. The highest BCUT2D eigenvalue weighted by molar-refractivity contribution is 7.89. The molecule has 0 radical (unpaired) electrons. The van der Waals surface area contributed by atoms with Crippen LogP contribution in [0.15, 0.2) is 74.9 Å². The van der Waals surface area contributed by atoms with Crippen molar-refractivity contribution in [1.82, 2.24) is 34.9 Å². The number of nitrogens with one attached hydrogen (secondary N) is 2. The Kier molecular flexibility index (Phi) is 22.0. The molecule has 1 saturated carbocycles. The molecule has 84 heavy (non-hydrogen) atoms. The minimum atomic E-state index is -4.66. The number of aryl methyl sites for hydroxylation is 2. The molecule has 26 heteroatoms. The molecule has 8 rings (SSSR count). The molecule has 0 spiro atoms. The summed E-state index contributed by atoms with van der Waals surface area (Å²) in [6.07, 6.45) is 11.2. The predicted molar refractivity (Wildman–Crippen MR) is 312 cm³/mol. The summed E-state index contributed by atoms with van der Waals surface area (Å²) in [5.74, 6) is 0.830. The number of hydrogen-bond donors (Lipinski definition) is 3. The van der Waals surface area contributed by atoms with Crippen LogP contribution in [0.5, 0.6) is 11.5 Å². The average molecular weight is 1180 g/mol. The van der Waals surface area contributed by atoms with Crippen molar-refractivity contribution in [2.45, 2.75) is 134 Å². The highest BCUT2D eigenvalue weighted by atomic mass is 32.2. The molecule has 2 bridgehead atoms. The lowest BCUT2D eigenvalue weighted by atomic mass is 9.45. The third-order valence-electron chi connectivity index (χ3n) is 16.4. The molecule has 25 nitrogen and oxygen atoms in total. The fourth-order valence-corrected chi connectivity index (χ4v) is 13.1. The number of nitrogens with zero attached hydrogens (tertiary/aromatic N) is 11. The summed E-state index contributed by atoms with van der Waals surface area (Å²) >= 11 is 0. The molecule has 1 fully saturated rings. The Labute approximate surface area is 488 Å². The Morgan fingerprint density at radius 2 is 1.75 bits per heavy atom. The van der Waals surface area contributed by atoms with Crippen LogP contribution in [-0.2, 0) is 49.2 Å². The number of benzene rings is 3. The van der Waals surface area contributed by atoms with Gasteiger partial charge in [0.25, 0.3) is 10.0 Å². The first-order valence-electron chi connectivity index (χ1n) is 28.4. The zero-order valence-corrected chi connectivity index (χ0v) is 49.5. The van der Waals surface area contributed by atoms with Gasteiger partial charge in [0.1, 0.15) is 23.8 Å². The van der Waals surface area contributed by atoms with Gasteiger partial charge >= 0.3 is 5.69 Å². The molecule has 2 amide bonds. The third kappa shape index (κ3) is 15.4. The quantitative estimate of drug-likeness (QED) is 0.00492. The number of nitriles is 1. The van der Waals surface area contributed by atoms with Crippen molar-refractivity contribution in [3.8, 4) is 17.6 Å². The number of non-ortho nitro benzene ring substituents is 1. The standard InChI is InChI=1S/C58H76N14O11S/c1-57(2,22-10-7-8-11-25-64-68-61)41-33-49(80-5)53(50(34-41)81-6)44-32-40(45-35-46(44)58(45,3)4)36-62-24-12-9-13-43(73)17-14-38-31-39(56(60)75)15-20-51(38)84(78,79)71(27-23-59)52(74)21-16-42-37-70(69-65-42)28-30-82-29-26-63-47-18-19-48(72(76)77)55-54(47)66-83-67-55/h15,18-20,31-34,37,44-46,62-63H,7-14,16-17,21-22,24-30,35-36H2,1-6H3,(H2,60,75)/t44-,45+,46-/m0/s1. The van der Waals surface area contributed by atoms with Crippen molar-refractivity contribution in [2.24, 2.45) is 28.1 Å². The van der Waals surface area contributed by atoms with Gasteiger partial charge in [-0.2, -0.15) is 5.26 Å². The fourth-order valence-electron chi connectivity index (χ4n) is 11.5. The number of ketones is 1. The van der Waals surface area contributed by atoms with Crippen molar-refractivity contribution in [3.63, 3.8) is 0 Å². The smallest absolute Gasteiger partial charge is 0.300 e. The van der Waals surface area contributed by atoms with Crippen molar-refractivity contribution < 1.29 is 46.6 Å². The lowest BCUT2D eigenvalue weighted by Crippen LogP contribution is -2.52. The summed E-state index contributed by atoms with van der Waals surface area (Å²) in [6.45, 7) is 11.4. The predicted octanol–water partition coefficient (Wildman–Crippen LogP) is 8.83. The van der Waals surface area contributed by atoms with E-state index in [1.54, 1.807) is 26.5 Å². The Morgan fingerprint density at radius 1 is 1.00 bits per heavy atom. The zero-order chi connectivity index (χ0) is 60.6. The summed E-state index contributed by atoms with van der Waals surface area (Å²) in [4.78, 5) is 52.5. The van der Waals surface area contributed by atoms with Crippen LogP contribution < -0.4 is 25.8 Å². The number of rotatable bonds is 36. The van der Waals surface area contributed by atoms with Gasteiger partial charge in [0, 0.05) is 79.5 Å². The number of carbonyl (C=O) groups excluding carboxylic acids is 3. The Hall–Kier alpha value is -7.98.